The zero-order chi connectivity index (χ0) is 18.6. The summed E-state index contributed by atoms with van der Waals surface area (Å²) >= 11 is 0. The summed E-state index contributed by atoms with van der Waals surface area (Å²) in [5.41, 5.74) is 5.96. The lowest BCUT2D eigenvalue weighted by molar-refractivity contribution is -0.121. The summed E-state index contributed by atoms with van der Waals surface area (Å²) in [7, 11) is 0. The van der Waals surface area contributed by atoms with Crippen LogP contribution >= 0.6 is 0 Å². The molecule has 2 aliphatic rings. The first-order valence-corrected chi connectivity index (χ1v) is 9.70. The summed E-state index contributed by atoms with van der Waals surface area (Å²) in [5, 5.41) is 6.43. The van der Waals surface area contributed by atoms with Gasteiger partial charge >= 0.3 is 0 Å². The van der Waals surface area contributed by atoms with Gasteiger partial charge in [0.05, 0.1) is 13.2 Å². The second-order valence-corrected chi connectivity index (χ2v) is 7.43. The van der Waals surface area contributed by atoms with E-state index < -0.39 is 0 Å². The van der Waals surface area contributed by atoms with Crippen molar-refractivity contribution >= 4 is 11.6 Å². The SMILES string of the molecule is Cc1cccc2c1NC(C(=O)NCc1ccc(CN3CCOCC3)cc1)C2. The predicted molar refractivity (Wildman–Crippen MR) is 107 cm³/mol. The van der Waals surface area contributed by atoms with Crippen molar-refractivity contribution in [3.05, 3.63) is 64.7 Å². The van der Waals surface area contributed by atoms with Gasteiger partial charge in [-0.15, -0.1) is 0 Å². The van der Waals surface area contributed by atoms with Crippen LogP contribution in [-0.2, 0) is 29.0 Å². The first kappa shape index (κ1) is 18.0. The lowest BCUT2D eigenvalue weighted by Gasteiger charge is -2.26. The van der Waals surface area contributed by atoms with Crippen molar-refractivity contribution in [1.82, 2.24) is 10.2 Å². The lowest BCUT2D eigenvalue weighted by Crippen LogP contribution is -2.38. The number of nitrogens with zero attached hydrogens (tertiary/aromatic N) is 1. The largest absolute Gasteiger partial charge is 0.379 e. The first-order chi connectivity index (χ1) is 13.2. The summed E-state index contributed by atoms with van der Waals surface area (Å²) in [6.45, 7) is 7.22. The highest BCUT2D eigenvalue weighted by Crippen LogP contribution is 2.29. The van der Waals surface area contributed by atoms with Gasteiger partial charge in [0.25, 0.3) is 0 Å². The van der Waals surface area contributed by atoms with E-state index in [1.165, 1.54) is 16.7 Å². The molecule has 1 unspecified atom stereocenters. The highest BCUT2D eigenvalue weighted by atomic mass is 16.5. The maximum Gasteiger partial charge on any atom is 0.243 e. The molecular formula is C22H27N3O2. The zero-order valence-electron chi connectivity index (χ0n) is 15.8. The van der Waals surface area contributed by atoms with Crippen LogP contribution in [0.25, 0.3) is 0 Å². The standard InChI is InChI=1S/C22H27N3O2/c1-16-3-2-4-19-13-20(24-21(16)19)22(26)23-14-17-5-7-18(8-6-17)15-25-9-11-27-12-10-25/h2-8,20,24H,9-15H2,1H3,(H,23,26). The second kappa shape index (κ2) is 8.11. The Balaban J connectivity index is 1.27. The average Bonchev–Trinajstić information content (AvgIpc) is 3.14. The fraction of sp³-hybridized carbons (Fsp3) is 0.409. The molecule has 2 aromatic carbocycles. The molecule has 5 nitrogen and oxygen atoms in total. The average molecular weight is 365 g/mol. The Morgan fingerprint density at radius 1 is 1.15 bits per heavy atom. The molecule has 0 bridgehead atoms. The van der Waals surface area contributed by atoms with Crippen LogP contribution in [0.2, 0.25) is 0 Å². The third-order valence-corrected chi connectivity index (χ3v) is 5.42. The number of amides is 1. The summed E-state index contributed by atoms with van der Waals surface area (Å²) in [4.78, 5) is 14.9. The normalized spacial score (nSPS) is 19.4. The third-order valence-electron chi connectivity index (χ3n) is 5.42. The molecule has 2 heterocycles. The van der Waals surface area contributed by atoms with E-state index in [0.29, 0.717) is 6.54 Å². The number of para-hydroxylation sites is 1. The number of hydrogen-bond acceptors (Lipinski definition) is 4. The Morgan fingerprint density at radius 3 is 2.63 bits per heavy atom. The summed E-state index contributed by atoms with van der Waals surface area (Å²) in [5.74, 6) is 0.0583. The topological polar surface area (TPSA) is 53.6 Å². The fourth-order valence-corrected chi connectivity index (χ4v) is 3.80. The molecule has 2 aromatic rings. The van der Waals surface area contributed by atoms with Gasteiger partial charge in [-0.25, -0.2) is 0 Å². The van der Waals surface area contributed by atoms with Crippen LogP contribution < -0.4 is 10.6 Å². The molecule has 0 spiro atoms. The molecule has 1 fully saturated rings. The molecule has 0 aliphatic carbocycles. The molecule has 0 saturated carbocycles. The van der Waals surface area contributed by atoms with Crippen LogP contribution in [0.3, 0.4) is 0 Å². The van der Waals surface area contributed by atoms with Crippen molar-refractivity contribution < 1.29 is 9.53 Å². The highest BCUT2D eigenvalue weighted by Gasteiger charge is 2.27. The Hall–Kier alpha value is -2.37. The molecule has 142 valence electrons. The highest BCUT2D eigenvalue weighted by molar-refractivity contribution is 5.87. The van der Waals surface area contributed by atoms with Crippen LogP contribution in [0.15, 0.2) is 42.5 Å². The number of hydrogen-bond donors (Lipinski definition) is 2. The number of morpholine rings is 1. The number of aryl methyl sites for hydroxylation is 1. The van der Waals surface area contributed by atoms with Crippen LogP contribution in [0.5, 0.6) is 0 Å². The Bertz CT molecular complexity index is 798. The molecule has 5 heteroatoms. The third kappa shape index (κ3) is 4.31. The monoisotopic (exact) mass is 365 g/mol. The first-order valence-electron chi connectivity index (χ1n) is 9.70. The maximum atomic E-state index is 12.5. The van der Waals surface area contributed by atoms with Crippen LogP contribution in [0, 0.1) is 6.92 Å². The van der Waals surface area contributed by atoms with Gasteiger partial charge in [-0.2, -0.15) is 0 Å². The number of anilines is 1. The van der Waals surface area contributed by atoms with E-state index in [9.17, 15) is 4.79 Å². The van der Waals surface area contributed by atoms with Crippen LogP contribution in [0.1, 0.15) is 22.3 Å². The number of fused-ring (bicyclic) bond motifs is 1. The molecule has 2 aliphatic heterocycles. The van der Waals surface area contributed by atoms with Gasteiger partial charge in [0.1, 0.15) is 6.04 Å². The van der Waals surface area contributed by atoms with E-state index in [0.717, 1.165) is 50.5 Å². The Labute approximate surface area is 160 Å². The minimum atomic E-state index is -0.179. The zero-order valence-corrected chi connectivity index (χ0v) is 15.8. The van der Waals surface area contributed by atoms with Gasteiger partial charge in [0.15, 0.2) is 0 Å². The van der Waals surface area contributed by atoms with Crippen molar-refractivity contribution in [2.24, 2.45) is 0 Å². The van der Waals surface area contributed by atoms with E-state index in [1.807, 2.05) is 0 Å². The minimum absolute atomic E-state index is 0.0583. The van der Waals surface area contributed by atoms with Crippen molar-refractivity contribution in [2.45, 2.75) is 32.5 Å². The number of ether oxygens (including phenoxy) is 1. The summed E-state index contributed by atoms with van der Waals surface area (Å²) < 4.78 is 5.39. The van der Waals surface area contributed by atoms with E-state index in [1.54, 1.807) is 0 Å². The molecular weight excluding hydrogens is 338 g/mol. The molecule has 1 saturated heterocycles. The molecule has 2 N–H and O–H groups in total. The predicted octanol–water partition coefficient (Wildman–Crippen LogP) is 2.48. The Morgan fingerprint density at radius 2 is 1.89 bits per heavy atom. The van der Waals surface area contributed by atoms with Crippen molar-refractivity contribution in [3.63, 3.8) is 0 Å². The Kier molecular flexibility index (Phi) is 5.41. The lowest BCUT2D eigenvalue weighted by atomic mass is 10.1. The molecule has 0 aromatic heterocycles. The van der Waals surface area contributed by atoms with Gasteiger partial charge in [0.2, 0.25) is 5.91 Å². The summed E-state index contributed by atoms with van der Waals surface area (Å²) in [6, 6.07) is 14.6. The molecule has 4 rings (SSSR count). The fourth-order valence-electron chi connectivity index (χ4n) is 3.80. The van der Waals surface area contributed by atoms with Gasteiger partial charge < -0.3 is 15.4 Å². The van der Waals surface area contributed by atoms with Crippen LogP contribution in [0.4, 0.5) is 5.69 Å². The smallest absolute Gasteiger partial charge is 0.243 e. The van der Waals surface area contributed by atoms with E-state index in [4.69, 9.17) is 4.74 Å². The van der Waals surface area contributed by atoms with Gasteiger partial charge in [0, 0.05) is 38.3 Å². The number of rotatable bonds is 5. The van der Waals surface area contributed by atoms with Gasteiger partial charge in [-0.05, 0) is 29.2 Å². The number of nitrogens with one attached hydrogen (secondary N) is 2. The van der Waals surface area contributed by atoms with Crippen molar-refractivity contribution in [1.29, 1.82) is 0 Å². The van der Waals surface area contributed by atoms with E-state index in [-0.39, 0.29) is 11.9 Å². The molecule has 27 heavy (non-hydrogen) atoms. The minimum Gasteiger partial charge on any atom is -0.379 e. The summed E-state index contributed by atoms with van der Waals surface area (Å²) in [6.07, 6.45) is 0.751. The van der Waals surface area contributed by atoms with Gasteiger partial charge in [-0.3, -0.25) is 9.69 Å². The van der Waals surface area contributed by atoms with E-state index >= 15 is 0 Å². The molecule has 0 radical (unpaired) electrons. The van der Waals surface area contributed by atoms with Crippen LogP contribution in [-0.4, -0.2) is 43.2 Å². The quantitative estimate of drug-likeness (QED) is 0.855. The maximum absolute atomic E-state index is 12.5. The molecule has 1 amide bonds. The molecule has 1 atom stereocenters. The number of carbonyl (C=O) groups is 1. The van der Waals surface area contributed by atoms with Crippen molar-refractivity contribution in [2.75, 3.05) is 31.6 Å². The van der Waals surface area contributed by atoms with Gasteiger partial charge in [-0.1, -0.05) is 42.5 Å². The second-order valence-electron chi connectivity index (χ2n) is 7.43. The number of benzene rings is 2. The van der Waals surface area contributed by atoms with E-state index in [2.05, 4.69) is 64.9 Å². The van der Waals surface area contributed by atoms with Crippen molar-refractivity contribution in [3.8, 4) is 0 Å². The number of carbonyl (C=O) groups excluding carboxylic acids is 1.